The fourth-order valence-corrected chi connectivity index (χ4v) is 2.80. The van der Waals surface area contributed by atoms with Crippen LogP contribution in [0.5, 0.6) is 0 Å². The van der Waals surface area contributed by atoms with Gasteiger partial charge in [-0.05, 0) is 38.5 Å². The third-order valence-electron chi connectivity index (χ3n) is 3.57. The number of hydrogen-bond acceptors (Lipinski definition) is 3. The molecule has 0 aliphatic carbocycles. The number of aliphatic carboxylic acids is 1. The van der Waals surface area contributed by atoms with Gasteiger partial charge in [0, 0.05) is 24.0 Å². The van der Waals surface area contributed by atoms with E-state index in [2.05, 4.69) is 0 Å². The van der Waals surface area contributed by atoms with Crippen LogP contribution in [0.3, 0.4) is 0 Å². The second-order valence-corrected chi connectivity index (χ2v) is 6.93. The number of carboxylic acids is 1. The van der Waals surface area contributed by atoms with Crippen molar-refractivity contribution in [2.45, 2.75) is 32.3 Å². The molecule has 1 amide bonds. The Kier molecular flexibility index (Phi) is 4.66. The molecule has 0 bridgehead atoms. The van der Waals surface area contributed by atoms with Crippen molar-refractivity contribution in [1.82, 2.24) is 4.90 Å². The fraction of sp³-hybridized carbons (Fsp3) is 0.500. The Bertz CT molecular complexity index is 582. The highest BCUT2D eigenvalue weighted by Crippen LogP contribution is 2.34. The van der Waals surface area contributed by atoms with Crippen molar-refractivity contribution in [3.05, 3.63) is 34.9 Å². The summed E-state index contributed by atoms with van der Waals surface area (Å²) in [5.41, 5.74) is 0.218. The van der Waals surface area contributed by atoms with Crippen LogP contribution >= 0.6 is 11.6 Å². The molecule has 1 N–H and O–H groups in total. The van der Waals surface area contributed by atoms with Gasteiger partial charge in [0.2, 0.25) is 0 Å². The zero-order valence-electron chi connectivity index (χ0n) is 12.9. The largest absolute Gasteiger partial charge is 0.481 e. The number of halogens is 1. The molecule has 0 aromatic heterocycles. The monoisotopic (exact) mass is 325 g/mol. The molecule has 0 saturated carbocycles. The number of hydrogen-bond donors (Lipinski definition) is 1. The lowest BCUT2D eigenvalue weighted by molar-refractivity contribution is -0.141. The van der Waals surface area contributed by atoms with Crippen LogP contribution in [0.15, 0.2) is 24.3 Å². The van der Waals surface area contributed by atoms with Crippen LogP contribution in [0.1, 0.15) is 32.3 Å². The number of carboxylic acid groups (broad SMARTS) is 1. The Balaban J connectivity index is 2.20. The lowest BCUT2D eigenvalue weighted by Crippen LogP contribution is -2.35. The molecule has 22 heavy (non-hydrogen) atoms. The normalized spacial score (nSPS) is 21.7. The fourth-order valence-electron chi connectivity index (χ4n) is 2.60. The van der Waals surface area contributed by atoms with Crippen LogP contribution in [0.2, 0.25) is 5.02 Å². The van der Waals surface area contributed by atoms with E-state index in [9.17, 15) is 14.7 Å². The molecule has 6 heteroatoms. The number of ether oxygens (including phenoxy) is 1. The van der Waals surface area contributed by atoms with E-state index in [4.69, 9.17) is 16.3 Å². The SMILES string of the molecule is CC(C)(C)OC(=O)N1C[C@H](C(=O)O)[C@H](c2cccc(Cl)c2)C1. The van der Waals surface area contributed by atoms with Crippen LogP contribution < -0.4 is 0 Å². The molecule has 2 rings (SSSR count). The van der Waals surface area contributed by atoms with Gasteiger partial charge in [-0.2, -0.15) is 0 Å². The van der Waals surface area contributed by atoms with Crippen LogP contribution in [-0.4, -0.2) is 40.8 Å². The molecule has 1 aromatic rings. The summed E-state index contributed by atoms with van der Waals surface area (Å²) in [6.07, 6.45) is -0.483. The van der Waals surface area contributed by atoms with Crippen LogP contribution in [0.4, 0.5) is 4.79 Å². The van der Waals surface area contributed by atoms with Crippen molar-refractivity contribution in [3.8, 4) is 0 Å². The van der Waals surface area contributed by atoms with E-state index < -0.39 is 23.6 Å². The average Bonchev–Trinajstić information content (AvgIpc) is 2.82. The Morgan fingerprint density at radius 2 is 2.00 bits per heavy atom. The standard InChI is InChI=1S/C16H20ClNO4/c1-16(2,3)22-15(21)18-8-12(13(9-18)14(19)20)10-5-4-6-11(17)7-10/h4-7,12-13H,8-9H2,1-3H3,(H,19,20)/t12-,13-/m0/s1. The van der Waals surface area contributed by atoms with Crippen molar-refractivity contribution < 1.29 is 19.4 Å². The van der Waals surface area contributed by atoms with Gasteiger partial charge in [-0.1, -0.05) is 23.7 Å². The zero-order valence-corrected chi connectivity index (χ0v) is 13.6. The average molecular weight is 326 g/mol. The van der Waals surface area contributed by atoms with Gasteiger partial charge in [0.25, 0.3) is 0 Å². The van der Waals surface area contributed by atoms with Gasteiger partial charge >= 0.3 is 12.1 Å². The molecule has 1 saturated heterocycles. The minimum absolute atomic E-state index is 0.140. The predicted octanol–water partition coefficient (Wildman–Crippen LogP) is 3.38. The highest BCUT2D eigenvalue weighted by molar-refractivity contribution is 6.30. The number of rotatable bonds is 2. The number of likely N-dealkylation sites (tertiary alicyclic amines) is 1. The second kappa shape index (κ2) is 6.16. The highest BCUT2D eigenvalue weighted by atomic mass is 35.5. The van der Waals surface area contributed by atoms with E-state index in [1.54, 1.807) is 39.0 Å². The summed E-state index contributed by atoms with van der Waals surface area (Å²) in [6.45, 7) is 5.80. The Labute approximate surface area is 134 Å². The minimum atomic E-state index is -0.920. The van der Waals surface area contributed by atoms with Crippen molar-refractivity contribution in [3.63, 3.8) is 0 Å². The number of carbonyl (C=O) groups is 2. The third-order valence-corrected chi connectivity index (χ3v) is 3.80. The molecule has 1 aliphatic heterocycles. The molecular formula is C16H20ClNO4. The number of benzene rings is 1. The van der Waals surface area contributed by atoms with Gasteiger partial charge in [-0.3, -0.25) is 4.79 Å². The van der Waals surface area contributed by atoms with Crippen molar-refractivity contribution >= 4 is 23.7 Å². The molecule has 1 heterocycles. The lowest BCUT2D eigenvalue weighted by Gasteiger charge is -2.24. The summed E-state index contributed by atoms with van der Waals surface area (Å²) in [5.74, 6) is -1.87. The van der Waals surface area contributed by atoms with Crippen LogP contribution in [-0.2, 0) is 9.53 Å². The summed E-state index contributed by atoms with van der Waals surface area (Å²) >= 11 is 5.98. The van der Waals surface area contributed by atoms with E-state index in [1.165, 1.54) is 4.90 Å². The van der Waals surface area contributed by atoms with Gasteiger partial charge in [0.1, 0.15) is 5.60 Å². The van der Waals surface area contributed by atoms with Gasteiger partial charge in [-0.15, -0.1) is 0 Å². The molecule has 0 unspecified atom stereocenters. The quantitative estimate of drug-likeness (QED) is 0.905. The maximum atomic E-state index is 12.2. The van der Waals surface area contributed by atoms with Gasteiger partial charge in [-0.25, -0.2) is 4.79 Å². The molecular weight excluding hydrogens is 306 g/mol. The van der Waals surface area contributed by atoms with Crippen LogP contribution in [0.25, 0.3) is 0 Å². The van der Waals surface area contributed by atoms with E-state index in [-0.39, 0.29) is 12.5 Å². The number of carbonyl (C=O) groups excluding carboxylic acids is 1. The van der Waals surface area contributed by atoms with Crippen LogP contribution in [0, 0.1) is 5.92 Å². The summed E-state index contributed by atoms with van der Waals surface area (Å²) in [7, 11) is 0. The summed E-state index contributed by atoms with van der Waals surface area (Å²) < 4.78 is 5.33. The zero-order chi connectivity index (χ0) is 16.5. The Morgan fingerprint density at radius 3 is 2.55 bits per heavy atom. The molecule has 2 atom stereocenters. The highest BCUT2D eigenvalue weighted by Gasteiger charge is 2.41. The maximum absolute atomic E-state index is 12.2. The van der Waals surface area contributed by atoms with E-state index >= 15 is 0 Å². The predicted molar refractivity (Wildman–Crippen MR) is 83.1 cm³/mol. The molecule has 0 radical (unpaired) electrons. The Hall–Kier alpha value is -1.75. The summed E-state index contributed by atoms with van der Waals surface area (Å²) in [4.78, 5) is 25.1. The number of amides is 1. The first-order valence-corrected chi connectivity index (χ1v) is 7.51. The molecule has 1 aliphatic rings. The van der Waals surface area contributed by atoms with E-state index in [0.29, 0.717) is 11.6 Å². The summed E-state index contributed by atoms with van der Waals surface area (Å²) in [5, 5.41) is 9.99. The van der Waals surface area contributed by atoms with E-state index in [1.807, 2.05) is 6.07 Å². The van der Waals surface area contributed by atoms with E-state index in [0.717, 1.165) is 5.56 Å². The second-order valence-electron chi connectivity index (χ2n) is 6.49. The summed E-state index contributed by atoms with van der Waals surface area (Å²) in [6, 6.07) is 7.11. The topological polar surface area (TPSA) is 66.8 Å². The smallest absolute Gasteiger partial charge is 0.410 e. The third kappa shape index (κ3) is 3.91. The van der Waals surface area contributed by atoms with Gasteiger partial charge in [0.15, 0.2) is 0 Å². The molecule has 1 aromatic carbocycles. The van der Waals surface area contributed by atoms with Crippen molar-refractivity contribution in [2.75, 3.05) is 13.1 Å². The minimum Gasteiger partial charge on any atom is -0.481 e. The first kappa shape index (κ1) is 16.6. The number of nitrogens with zero attached hydrogens (tertiary/aromatic N) is 1. The van der Waals surface area contributed by atoms with Crippen molar-refractivity contribution in [1.29, 1.82) is 0 Å². The maximum Gasteiger partial charge on any atom is 0.410 e. The molecule has 1 fully saturated rings. The van der Waals surface area contributed by atoms with Crippen molar-refractivity contribution in [2.24, 2.45) is 5.92 Å². The first-order valence-electron chi connectivity index (χ1n) is 7.13. The Morgan fingerprint density at radius 1 is 1.32 bits per heavy atom. The van der Waals surface area contributed by atoms with Gasteiger partial charge < -0.3 is 14.7 Å². The lowest BCUT2D eigenvalue weighted by atomic mass is 9.89. The molecule has 5 nitrogen and oxygen atoms in total. The first-order chi connectivity index (χ1) is 10.2. The molecule has 120 valence electrons. The molecule has 0 spiro atoms. The van der Waals surface area contributed by atoms with Gasteiger partial charge in [0.05, 0.1) is 5.92 Å².